The molecular formula is C20H20F4N4O3. The summed E-state index contributed by atoms with van der Waals surface area (Å²) in [4.78, 5) is 26.1. The van der Waals surface area contributed by atoms with Gasteiger partial charge in [0, 0.05) is 45.2 Å². The molecule has 1 N–H and O–H groups in total. The molecule has 0 unspecified atom stereocenters. The average molecular weight is 440 g/mol. The Hall–Kier alpha value is -3.21. The van der Waals surface area contributed by atoms with Gasteiger partial charge < -0.3 is 10.2 Å². The first-order chi connectivity index (χ1) is 14.6. The van der Waals surface area contributed by atoms with E-state index in [9.17, 15) is 32.5 Å². The number of carbonyl (C=O) groups is 1. The first-order valence-electron chi connectivity index (χ1n) is 9.52. The quantitative estimate of drug-likeness (QED) is 0.419. The second-order valence-corrected chi connectivity index (χ2v) is 7.07. The molecule has 1 heterocycles. The highest BCUT2D eigenvalue weighted by atomic mass is 19.4. The van der Waals surface area contributed by atoms with Gasteiger partial charge in [0.1, 0.15) is 11.5 Å². The predicted molar refractivity (Wildman–Crippen MR) is 106 cm³/mol. The lowest BCUT2D eigenvalue weighted by atomic mass is 10.1. The fourth-order valence-corrected chi connectivity index (χ4v) is 3.36. The number of halogens is 4. The van der Waals surface area contributed by atoms with Gasteiger partial charge in [0.15, 0.2) is 0 Å². The van der Waals surface area contributed by atoms with E-state index in [0.717, 1.165) is 12.1 Å². The molecule has 31 heavy (non-hydrogen) atoms. The van der Waals surface area contributed by atoms with Crippen molar-refractivity contribution in [2.75, 3.05) is 42.9 Å². The molecule has 0 bridgehead atoms. The predicted octanol–water partition coefficient (Wildman–Crippen LogP) is 3.90. The zero-order chi connectivity index (χ0) is 22.6. The van der Waals surface area contributed by atoms with E-state index in [1.165, 1.54) is 18.2 Å². The van der Waals surface area contributed by atoms with Crippen LogP contribution in [-0.2, 0) is 11.0 Å². The van der Waals surface area contributed by atoms with Gasteiger partial charge in [-0.2, -0.15) is 13.2 Å². The molecule has 0 aromatic heterocycles. The molecule has 1 aliphatic rings. The van der Waals surface area contributed by atoms with E-state index in [2.05, 4.69) is 5.32 Å². The number of anilines is 2. The zero-order valence-corrected chi connectivity index (χ0v) is 16.4. The van der Waals surface area contributed by atoms with Crippen molar-refractivity contribution in [1.82, 2.24) is 4.90 Å². The van der Waals surface area contributed by atoms with Crippen LogP contribution >= 0.6 is 0 Å². The highest BCUT2D eigenvalue weighted by Gasteiger charge is 2.34. The molecule has 1 amide bonds. The minimum absolute atomic E-state index is 0.104. The molecule has 166 valence electrons. The molecule has 1 saturated heterocycles. The highest BCUT2D eigenvalue weighted by molar-refractivity contribution is 5.90. The van der Waals surface area contributed by atoms with Crippen LogP contribution in [0.1, 0.15) is 12.0 Å². The molecule has 0 spiro atoms. The van der Waals surface area contributed by atoms with Crippen molar-refractivity contribution < 1.29 is 27.3 Å². The average Bonchev–Trinajstić information content (AvgIpc) is 2.73. The molecule has 0 saturated carbocycles. The van der Waals surface area contributed by atoms with Crippen molar-refractivity contribution >= 4 is 23.0 Å². The van der Waals surface area contributed by atoms with E-state index in [4.69, 9.17) is 0 Å². The van der Waals surface area contributed by atoms with Gasteiger partial charge in [0.2, 0.25) is 5.91 Å². The summed E-state index contributed by atoms with van der Waals surface area (Å²) in [6.45, 7) is 2.09. The number of hydrogen-bond acceptors (Lipinski definition) is 5. The molecule has 7 nitrogen and oxygen atoms in total. The third-order valence-corrected chi connectivity index (χ3v) is 5.02. The largest absolute Gasteiger partial charge is 0.416 e. The minimum atomic E-state index is -4.66. The molecule has 11 heteroatoms. The molecule has 0 radical (unpaired) electrons. The number of hydrogen-bond donors (Lipinski definition) is 1. The van der Waals surface area contributed by atoms with E-state index in [0.29, 0.717) is 38.8 Å². The van der Waals surface area contributed by atoms with Crippen LogP contribution in [0.2, 0.25) is 0 Å². The highest BCUT2D eigenvalue weighted by Crippen LogP contribution is 2.36. The van der Waals surface area contributed by atoms with Crippen LogP contribution in [0.3, 0.4) is 0 Å². The maximum atomic E-state index is 13.6. The fraction of sp³-hybridized carbons (Fsp3) is 0.350. The second-order valence-electron chi connectivity index (χ2n) is 7.07. The Bertz CT molecular complexity index is 960. The Morgan fingerprint density at radius 2 is 1.77 bits per heavy atom. The number of nitro groups is 1. The molecular weight excluding hydrogens is 420 g/mol. The van der Waals surface area contributed by atoms with Gasteiger partial charge >= 0.3 is 6.18 Å². The van der Waals surface area contributed by atoms with E-state index in [-0.39, 0.29) is 23.7 Å². The summed E-state index contributed by atoms with van der Waals surface area (Å²) in [5, 5.41) is 13.8. The zero-order valence-electron chi connectivity index (χ0n) is 16.4. The number of rotatable bonds is 6. The SMILES string of the molecule is O=C(CCN1CCN(c2ccc(C(F)(F)F)cc2[N+](=O)[O-])CC1)Nc1ccccc1F. The molecule has 2 aromatic rings. The molecule has 3 rings (SSSR count). The van der Waals surface area contributed by atoms with Gasteiger partial charge in [0.25, 0.3) is 5.69 Å². The van der Waals surface area contributed by atoms with Gasteiger partial charge in [0.05, 0.1) is 16.2 Å². The van der Waals surface area contributed by atoms with Gasteiger partial charge in [-0.3, -0.25) is 19.8 Å². The summed E-state index contributed by atoms with van der Waals surface area (Å²) in [5.41, 5.74) is -1.42. The van der Waals surface area contributed by atoms with E-state index in [1.54, 1.807) is 11.0 Å². The van der Waals surface area contributed by atoms with Crippen LogP contribution < -0.4 is 10.2 Å². The smallest absolute Gasteiger partial charge is 0.363 e. The van der Waals surface area contributed by atoms with Crippen molar-refractivity contribution in [3.05, 3.63) is 64.0 Å². The lowest BCUT2D eigenvalue weighted by Gasteiger charge is -2.35. The second kappa shape index (κ2) is 9.29. The van der Waals surface area contributed by atoms with Crippen molar-refractivity contribution in [2.24, 2.45) is 0 Å². The van der Waals surface area contributed by atoms with Gasteiger partial charge in [-0.1, -0.05) is 12.1 Å². The van der Waals surface area contributed by atoms with Crippen molar-refractivity contribution in [3.8, 4) is 0 Å². The standard InChI is InChI=1S/C20H20F4N4O3/c21-15-3-1-2-4-16(15)25-19(29)7-8-26-9-11-27(12-10-26)17-6-5-14(20(22,23)24)13-18(17)28(30)31/h1-6,13H,7-12H2,(H,25,29). The van der Waals surface area contributed by atoms with Gasteiger partial charge in [-0.15, -0.1) is 0 Å². The number of benzene rings is 2. The van der Waals surface area contributed by atoms with E-state index < -0.39 is 28.2 Å². The topological polar surface area (TPSA) is 78.7 Å². The number of nitro benzene ring substituents is 1. The summed E-state index contributed by atoms with van der Waals surface area (Å²) < 4.78 is 52.2. The van der Waals surface area contributed by atoms with E-state index in [1.807, 2.05) is 4.90 Å². The number of carbonyl (C=O) groups excluding carboxylic acids is 1. The molecule has 1 aliphatic heterocycles. The maximum absolute atomic E-state index is 13.6. The Morgan fingerprint density at radius 1 is 1.10 bits per heavy atom. The maximum Gasteiger partial charge on any atom is 0.416 e. The number of amides is 1. The van der Waals surface area contributed by atoms with E-state index >= 15 is 0 Å². The normalized spacial score (nSPS) is 15.0. The van der Waals surface area contributed by atoms with Crippen LogP contribution in [-0.4, -0.2) is 48.5 Å². The first kappa shape index (κ1) is 22.5. The number of para-hydroxylation sites is 1. The van der Waals surface area contributed by atoms with Crippen LogP contribution in [0.25, 0.3) is 0 Å². The molecule has 0 aliphatic carbocycles. The lowest BCUT2D eigenvalue weighted by molar-refractivity contribution is -0.384. The van der Waals surface area contributed by atoms with Gasteiger partial charge in [-0.05, 0) is 24.3 Å². The monoisotopic (exact) mass is 440 g/mol. The Morgan fingerprint density at radius 3 is 2.39 bits per heavy atom. The Balaban J connectivity index is 1.55. The fourth-order valence-electron chi connectivity index (χ4n) is 3.36. The molecule has 0 atom stereocenters. The third-order valence-electron chi connectivity index (χ3n) is 5.02. The molecule has 1 fully saturated rings. The summed E-state index contributed by atoms with van der Waals surface area (Å²) in [6, 6.07) is 8.34. The summed E-state index contributed by atoms with van der Waals surface area (Å²) in [5.74, 6) is -0.867. The number of alkyl halides is 3. The lowest BCUT2D eigenvalue weighted by Crippen LogP contribution is -2.47. The summed E-state index contributed by atoms with van der Waals surface area (Å²) in [6.07, 6.45) is -4.53. The van der Waals surface area contributed by atoms with Gasteiger partial charge in [-0.25, -0.2) is 4.39 Å². The van der Waals surface area contributed by atoms with Crippen LogP contribution in [0, 0.1) is 15.9 Å². The third kappa shape index (κ3) is 5.69. The summed E-state index contributed by atoms with van der Waals surface area (Å²) >= 11 is 0. The summed E-state index contributed by atoms with van der Waals surface area (Å²) in [7, 11) is 0. The Labute approximate surface area is 175 Å². The van der Waals surface area contributed by atoms with Crippen LogP contribution in [0.15, 0.2) is 42.5 Å². The Kier molecular flexibility index (Phi) is 6.74. The number of nitrogens with one attached hydrogen (secondary N) is 1. The minimum Gasteiger partial charge on any atom is -0.363 e. The van der Waals surface area contributed by atoms with Crippen LogP contribution in [0.5, 0.6) is 0 Å². The number of piperazine rings is 1. The molecule has 2 aromatic carbocycles. The number of nitrogens with zero attached hydrogens (tertiary/aromatic N) is 3. The van der Waals surface area contributed by atoms with Crippen molar-refractivity contribution in [2.45, 2.75) is 12.6 Å². The first-order valence-corrected chi connectivity index (χ1v) is 9.52. The van der Waals surface area contributed by atoms with Crippen molar-refractivity contribution in [1.29, 1.82) is 0 Å². The van der Waals surface area contributed by atoms with Crippen molar-refractivity contribution in [3.63, 3.8) is 0 Å². The van der Waals surface area contributed by atoms with Crippen LogP contribution in [0.4, 0.5) is 34.6 Å².